The molecule has 36 heavy (non-hydrogen) atoms. The van der Waals surface area contributed by atoms with Crippen LogP contribution in [0.4, 0.5) is 0 Å². The normalized spacial score (nSPS) is 43.4. The highest BCUT2D eigenvalue weighted by Gasteiger charge is 2.52. The average molecular weight is 544 g/mol. The predicted molar refractivity (Wildman–Crippen MR) is 148 cm³/mol. The zero-order valence-electron chi connectivity index (χ0n) is 23.0. The van der Waals surface area contributed by atoms with E-state index in [4.69, 9.17) is 19.8 Å². The fourth-order valence-electron chi connectivity index (χ4n) is 7.98. The van der Waals surface area contributed by atoms with E-state index in [0.717, 1.165) is 83.8 Å². The number of hydrogen-bond donors (Lipinski definition) is 0. The summed E-state index contributed by atoms with van der Waals surface area (Å²) in [5, 5.41) is 0. The smallest absolute Gasteiger partial charge is 0.144 e. The third-order valence-electron chi connectivity index (χ3n) is 10.1. The molecule has 0 aromatic rings. The van der Waals surface area contributed by atoms with Crippen molar-refractivity contribution in [3.63, 3.8) is 0 Å². The fourth-order valence-corrected chi connectivity index (χ4v) is 8.46. The van der Waals surface area contributed by atoms with Crippen LogP contribution in [0.15, 0.2) is 0 Å². The van der Waals surface area contributed by atoms with Crippen LogP contribution >= 0.6 is 18.9 Å². The van der Waals surface area contributed by atoms with E-state index < -0.39 is 0 Å². The molecule has 2 saturated heterocycles. The molecule has 5 aliphatic rings. The number of rotatable bonds is 9. The molecule has 0 bridgehead atoms. The molecule has 3 aliphatic carbocycles. The molecule has 3 saturated carbocycles. The van der Waals surface area contributed by atoms with E-state index in [1.54, 1.807) is 0 Å². The third kappa shape index (κ3) is 6.72. The molecular formula is C28H49NO5P2. The van der Waals surface area contributed by atoms with Gasteiger partial charge < -0.3 is 23.4 Å². The number of likely N-dealkylation sites (tertiary alicyclic amines) is 1. The number of fused-ring (bicyclic) bond motifs is 1. The first-order chi connectivity index (χ1) is 18.2. The summed E-state index contributed by atoms with van der Waals surface area (Å²) in [5.74, 6) is 1.37. The minimum absolute atomic E-state index is 0.0142. The molecule has 0 N–H and O–H groups in total. The van der Waals surface area contributed by atoms with Crippen LogP contribution < -0.4 is 0 Å². The van der Waals surface area contributed by atoms with Gasteiger partial charge >= 0.3 is 0 Å². The lowest BCUT2D eigenvalue weighted by atomic mass is 9.64. The zero-order valence-corrected chi connectivity index (χ0v) is 24.1. The molecule has 8 heteroatoms. The van der Waals surface area contributed by atoms with E-state index in [9.17, 15) is 4.79 Å². The Labute approximate surface area is 224 Å². The Morgan fingerprint density at radius 2 is 1.56 bits per heavy atom. The largest absolute Gasteiger partial charge is 0.377 e. The molecule has 2 heterocycles. The van der Waals surface area contributed by atoms with Crippen molar-refractivity contribution in [2.45, 2.75) is 120 Å². The first kappa shape index (κ1) is 26.5. The molecule has 2 aliphatic heterocycles. The minimum Gasteiger partial charge on any atom is -0.377 e. The van der Waals surface area contributed by atoms with Gasteiger partial charge in [0.15, 0.2) is 0 Å². The van der Waals surface area contributed by atoms with Crippen LogP contribution in [0.25, 0.3) is 0 Å². The van der Waals surface area contributed by atoms with Gasteiger partial charge in [-0.05, 0) is 102 Å². The van der Waals surface area contributed by atoms with E-state index in [1.165, 1.54) is 32.4 Å². The highest BCUT2D eigenvalue weighted by Crippen LogP contribution is 2.47. The molecule has 0 aromatic heterocycles. The Kier molecular flexibility index (Phi) is 10.0. The molecule has 5 rings (SSSR count). The molecular weight excluding hydrogens is 492 g/mol. The Morgan fingerprint density at radius 1 is 0.861 bits per heavy atom. The summed E-state index contributed by atoms with van der Waals surface area (Å²) < 4.78 is 32.0. The molecule has 206 valence electrons. The highest BCUT2D eigenvalue weighted by molar-refractivity contribution is 7.10. The van der Waals surface area contributed by atoms with Crippen molar-refractivity contribution in [2.75, 3.05) is 26.2 Å². The van der Waals surface area contributed by atoms with Crippen LogP contribution in [0, 0.1) is 23.7 Å². The van der Waals surface area contributed by atoms with Crippen molar-refractivity contribution in [2.24, 2.45) is 23.7 Å². The Balaban J connectivity index is 1.19. The Bertz CT molecular complexity index is 713. The lowest BCUT2D eigenvalue weighted by Gasteiger charge is -2.50. The monoisotopic (exact) mass is 543 g/mol. The second-order valence-corrected chi connectivity index (χ2v) is 12.7. The molecule has 7 unspecified atom stereocenters. The molecule has 7 atom stereocenters. The first-order valence-electron chi connectivity index (χ1n) is 15.4. The Hall–Kier alpha value is 0.330. The molecule has 0 amide bonds. The van der Waals surface area contributed by atoms with Crippen molar-refractivity contribution in [3.05, 3.63) is 0 Å². The van der Waals surface area contributed by atoms with Crippen LogP contribution in [0.2, 0.25) is 0 Å². The van der Waals surface area contributed by atoms with Crippen molar-refractivity contribution >= 4 is 24.7 Å². The van der Waals surface area contributed by atoms with E-state index in [0.29, 0.717) is 29.8 Å². The van der Waals surface area contributed by atoms with Gasteiger partial charge in [0.25, 0.3) is 0 Å². The maximum atomic E-state index is 14.1. The van der Waals surface area contributed by atoms with Crippen LogP contribution in [0.1, 0.15) is 89.9 Å². The first-order valence-corrected chi connectivity index (χ1v) is 15.7. The van der Waals surface area contributed by atoms with Crippen molar-refractivity contribution < 1.29 is 23.3 Å². The van der Waals surface area contributed by atoms with Crippen molar-refractivity contribution in [1.29, 1.82) is 1.28 Å². The summed E-state index contributed by atoms with van der Waals surface area (Å²) >= 11 is 0. The van der Waals surface area contributed by atoms with E-state index in [1.807, 2.05) is 0 Å². The number of hydrogen-bond acceptors (Lipinski definition) is 6. The summed E-state index contributed by atoms with van der Waals surface area (Å²) in [4.78, 5) is 16.6. The average Bonchev–Trinajstić information content (AvgIpc) is 2.94. The fraction of sp³-hybridized carbons (Fsp3) is 0.964. The van der Waals surface area contributed by atoms with Gasteiger partial charge in [0.2, 0.25) is 0 Å². The molecule has 5 fully saturated rings. The standard InChI is InChI=1S/C28H49NO5P2/c30-27-24-13-12-23(34-36)18-25(24)32-28(26(27)19-4-10-22(33-35)11-5-19)20-6-8-21(9-7-20)31-17-16-29-14-2-1-3-15-29/h19-26,28H,1-18,35-36H2/i36T. The Morgan fingerprint density at radius 3 is 2.28 bits per heavy atom. The van der Waals surface area contributed by atoms with Gasteiger partial charge in [-0.2, -0.15) is 0 Å². The van der Waals surface area contributed by atoms with E-state index in [2.05, 4.69) is 14.4 Å². The number of piperidine rings is 1. The van der Waals surface area contributed by atoms with Gasteiger partial charge in [-0.25, -0.2) is 0 Å². The van der Waals surface area contributed by atoms with Gasteiger partial charge in [0.1, 0.15) is 5.78 Å². The van der Waals surface area contributed by atoms with Crippen molar-refractivity contribution in [1.82, 2.24) is 4.90 Å². The molecule has 0 radical (unpaired) electrons. The zero-order chi connectivity index (χ0) is 25.6. The van der Waals surface area contributed by atoms with Crippen LogP contribution in [0.3, 0.4) is 0 Å². The SMILES string of the molecule is [3H]POC1CCC2C(=O)C(C3CCC(OP)CC3)C(C3CCC(OCCN4CCCCC4)CC3)OC2C1. The van der Waals surface area contributed by atoms with Gasteiger partial charge in [0, 0.05) is 43.7 Å². The van der Waals surface area contributed by atoms with E-state index in [-0.39, 0.29) is 39.6 Å². The predicted octanol–water partition coefficient (Wildman–Crippen LogP) is 5.34. The van der Waals surface area contributed by atoms with Gasteiger partial charge in [-0.15, -0.1) is 0 Å². The summed E-state index contributed by atoms with van der Waals surface area (Å²) in [6.07, 6.45) is 15.8. The number of carbonyl (C=O) groups is 1. The van der Waals surface area contributed by atoms with Gasteiger partial charge in [-0.1, -0.05) is 6.42 Å². The lowest BCUT2D eigenvalue weighted by Crippen LogP contribution is -2.56. The number of Topliss-reactive ketones (excluding diaryl/α,β-unsaturated/α-hetero) is 1. The van der Waals surface area contributed by atoms with Crippen LogP contribution in [0.5, 0.6) is 0 Å². The summed E-state index contributed by atoms with van der Waals surface area (Å²) in [6, 6.07) is 0. The van der Waals surface area contributed by atoms with Crippen LogP contribution in [-0.2, 0) is 23.3 Å². The van der Waals surface area contributed by atoms with Crippen LogP contribution in [-0.4, -0.2) is 68.7 Å². The van der Waals surface area contributed by atoms with Gasteiger partial charge in [0.05, 0.1) is 38.4 Å². The number of carbonyl (C=O) groups excluding carboxylic acids is 1. The molecule has 0 spiro atoms. The summed E-state index contributed by atoms with van der Waals surface area (Å²) in [6.45, 7) is 4.37. The second kappa shape index (κ2) is 13.6. The number of ether oxygens (including phenoxy) is 2. The third-order valence-corrected chi connectivity index (χ3v) is 10.8. The minimum atomic E-state index is -0.245. The maximum absolute atomic E-state index is 14.1. The quantitative estimate of drug-likeness (QED) is 0.366. The second-order valence-electron chi connectivity index (χ2n) is 12.2. The topological polar surface area (TPSA) is 57.2 Å². The highest BCUT2D eigenvalue weighted by atomic mass is 31.0. The number of ketones is 1. The maximum Gasteiger partial charge on any atom is 0.144 e. The van der Waals surface area contributed by atoms with Gasteiger partial charge in [-0.3, -0.25) is 4.79 Å². The molecule has 6 nitrogen and oxygen atoms in total. The lowest BCUT2D eigenvalue weighted by molar-refractivity contribution is -0.187. The summed E-state index contributed by atoms with van der Waals surface area (Å²) in [5.41, 5.74) is 0. The molecule has 0 aromatic carbocycles. The van der Waals surface area contributed by atoms with Crippen molar-refractivity contribution in [3.8, 4) is 0 Å². The summed E-state index contributed by atoms with van der Waals surface area (Å²) in [7, 11) is 2.18. The van der Waals surface area contributed by atoms with E-state index >= 15 is 0 Å². The number of nitrogens with zero attached hydrogens (tertiary/aromatic N) is 1.